The van der Waals surface area contributed by atoms with E-state index in [0.29, 0.717) is 17.2 Å². The van der Waals surface area contributed by atoms with Gasteiger partial charge >= 0.3 is 5.97 Å². The van der Waals surface area contributed by atoms with Gasteiger partial charge in [0.25, 0.3) is 0 Å². The number of aromatic hydroxyl groups is 1. The lowest BCUT2D eigenvalue weighted by molar-refractivity contribution is -0.138. The highest BCUT2D eigenvalue weighted by Gasteiger charge is 2.35. The second kappa shape index (κ2) is 7.44. The van der Waals surface area contributed by atoms with Gasteiger partial charge in [0.2, 0.25) is 0 Å². The minimum Gasteiger partial charge on any atom is -0.508 e. The van der Waals surface area contributed by atoms with E-state index in [0.717, 1.165) is 6.07 Å². The molecular weight excluding hydrogens is 409 g/mol. The van der Waals surface area contributed by atoms with E-state index >= 15 is 0 Å². The van der Waals surface area contributed by atoms with E-state index in [2.05, 4.69) is 31.7 Å². The molecule has 3 rings (SSSR count). The average molecular weight is 426 g/mol. The van der Waals surface area contributed by atoms with Gasteiger partial charge in [-0.15, -0.1) is 0 Å². The van der Waals surface area contributed by atoms with Gasteiger partial charge < -0.3 is 20.9 Å². The van der Waals surface area contributed by atoms with Crippen molar-refractivity contribution in [3.05, 3.63) is 51.7 Å². The molecule has 0 spiro atoms. The van der Waals surface area contributed by atoms with Crippen LogP contribution >= 0.6 is 15.9 Å². The Hall–Kier alpha value is -2.43. The van der Waals surface area contributed by atoms with Crippen LogP contribution in [-0.2, 0) is 16.1 Å². The molecule has 5 N–H and O–H groups in total. The Kier molecular flexibility index (Phi) is 5.25. The molecule has 0 bridgehead atoms. The summed E-state index contributed by atoms with van der Waals surface area (Å²) in [7, 11) is 0. The van der Waals surface area contributed by atoms with E-state index < -0.39 is 18.0 Å². The number of hydrogen-bond donors (Lipinski definition) is 4. The molecule has 0 radical (unpaired) electrons. The van der Waals surface area contributed by atoms with Crippen LogP contribution in [0.1, 0.15) is 12.5 Å². The maximum Gasteiger partial charge on any atom is 0.340 e. The Morgan fingerprint density at radius 1 is 1.54 bits per heavy atom. The van der Waals surface area contributed by atoms with Crippen LogP contribution in [0.3, 0.4) is 0 Å². The number of carbonyl (C=O) groups excluding carboxylic acids is 1. The lowest BCUT2D eigenvalue weighted by atomic mass is 10.2. The van der Waals surface area contributed by atoms with Crippen molar-refractivity contribution < 1.29 is 19.0 Å². The number of nitrogens with two attached hydrogens (primary N) is 1. The van der Waals surface area contributed by atoms with Crippen LogP contribution in [0.5, 0.6) is 5.75 Å². The number of ether oxygens (including phenoxy) is 1. The van der Waals surface area contributed by atoms with E-state index in [1.165, 1.54) is 6.07 Å². The molecule has 1 unspecified atom stereocenters. The van der Waals surface area contributed by atoms with Crippen LogP contribution in [0.4, 0.5) is 4.39 Å². The van der Waals surface area contributed by atoms with Crippen LogP contribution in [-0.4, -0.2) is 34.7 Å². The normalized spacial score (nSPS) is 20.4. The highest BCUT2D eigenvalue weighted by atomic mass is 79.9. The van der Waals surface area contributed by atoms with Crippen molar-refractivity contribution in [2.24, 2.45) is 10.7 Å². The predicted molar refractivity (Wildman–Crippen MR) is 95.8 cm³/mol. The minimum atomic E-state index is -0.720. The first-order chi connectivity index (χ1) is 12.4. The van der Waals surface area contributed by atoms with Crippen molar-refractivity contribution in [3.63, 3.8) is 0 Å². The number of aliphatic imine (C=N–C) groups is 1. The van der Waals surface area contributed by atoms with E-state index in [1.807, 2.05) is 0 Å². The first-order valence-corrected chi connectivity index (χ1v) is 8.59. The van der Waals surface area contributed by atoms with Crippen LogP contribution in [0.2, 0.25) is 0 Å². The quantitative estimate of drug-likeness (QED) is 0.535. The van der Waals surface area contributed by atoms with Crippen molar-refractivity contribution in [2.75, 3.05) is 6.61 Å². The Morgan fingerprint density at radius 2 is 2.31 bits per heavy atom. The molecule has 2 heterocycles. The summed E-state index contributed by atoms with van der Waals surface area (Å²) >= 11 is 3.11. The van der Waals surface area contributed by atoms with Gasteiger partial charge in [0.15, 0.2) is 0 Å². The second-order valence-corrected chi connectivity index (χ2v) is 6.25. The third kappa shape index (κ3) is 3.43. The van der Waals surface area contributed by atoms with Gasteiger partial charge in [-0.25, -0.2) is 14.6 Å². The fourth-order valence-corrected chi connectivity index (χ4v) is 2.99. The third-order valence-corrected chi connectivity index (χ3v) is 4.64. The average Bonchev–Trinajstić information content (AvgIpc) is 2.93. The zero-order valence-corrected chi connectivity index (χ0v) is 15.4. The van der Waals surface area contributed by atoms with Crippen molar-refractivity contribution in [2.45, 2.75) is 19.6 Å². The largest absolute Gasteiger partial charge is 0.508 e. The monoisotopic (exact) mass is 425 g/mol. The number of amidine groups is 1. The smallest absolute Gasteiger partial charge is 0.340 e. The Balaban J connectivity index is 1.86. The molecule has 0 amide bonds. The van der Waals surface area contributed by atoms with E-state index in [-0.39, 0.29) is 28.9 Å². The number of phenolic OH excluding ortho intramolecular Hbond substituents is 1. The van der Waals surface area contributed by atoms with Gasteiger partial charge in [0.1, 0.15) is 35.0 Å². The number of nitrogens with zero attached hydrogens (tertiary/aromatic N) is 2. The molecule has 0 fully saturated rings. The Labute approximate surface area is 157 Å². The molecule has 26 heavy (non-hydrogen) atoms. The Bertz CT molecular complexity index is 839. The molecule has 0 aromatic heterocycles. The molecule has 2 aliphatic rings. The number of fused-ring (bicyclic) bond motifs is 1. The molecule has 2 aliphatic heterocycles. The number of rotatable bonds is 4. The van der Waals surface area contributed by atoms with E-state index in [9.17, 15) is 14.3 Å². The van der Waals surface area contributed by atoms with Crippen LogP contribution in [0.25, 0.3) is 0 Å². The summed E-state index contributed by atoms with van der Waals surface area (Å²) in [6, 6.07) is 2.43. The molecular formula is C16H17BrFN5O3. The standard InChI is InChI=1S/C16H17BrFN5O3/c1-2-26-16(25)12-14(19)22-23-6-5-11(21-15(12)23)20-7-8-10(24)4-3-9(18)13(8)17/h3-6,14,22,24H,2,7,19H2,1H3,(H,20,21). The first-order valence-electron chi connectivity index (χ1n) is 7.80. The van der Waals surface area contributed by atoms with Gasteiger partial charge in [-0.2, -0.15) is 0 Å². The zero-order chi connectivity index (χ0) is 18.8. The fourth-order valence-electron chi connectivity index (χ4n) is 2.53. The van der Waals surface area contributed by atoms with Crippen molar-refractivity contribution in [1.29, 1.82) is 0 Å². The van der Waals surface area contributed by atoms with Gasteiger partial charge in [0.05, 0.1) is 17.6 Å². The molecule has 1 aromatic carbocycles. The molecule has 1 aromatic rings. The maximum atomic E-state index is 13.6. The summed E-state index contributed by atoms with van der Waals surface area (Å²) in [5.41, 5.74) is 9.40. The lowest BCUT2D eigenvalue weighted by Crippen LogP contribution is -2.43. The van der Waals surface area contributed by atoms with Gasteiger partial charge in [0, 0.05) is 11.8 Å². The maximum absolute atomic E-state index is 13.6. The number of nitrogens with one attached hydrogen (secondary N) is 2. The number of carbonyl (C=O) groups is 1. The molecule has 0 aliphatic carbocycles. The van der Waals surface area contributed by atoms with Crippen molar-refractivity contribution >= 4 is 27.7 Å². The highest BCUT2D eigenvalue weighted by molar-refractivity contribution is 9.10. The fraction of sp³-hybridized carbons (Fsp3) is 0.250. The van der Waals surface area contributed by atoms with Crippen LogP contribution in [0, 0.1) is 5.82 Å². The van der Waals surface area contributed by atoms with Crippen LogP contribution in [0.15, 0.2) is 45.3 Å². The number of benzene rings is 1. The number of hydrazine groups is 1. The van der Waals surface area contributed by atoms with Crippen molar-refractivity contribution in [3.8, 4) is 5.75 Å². The minimum absolute atomic E-state index is 0.0261. The van der Waals surface area contributed by atoms with Gasteiger partial charge in [-0.05, 0) is 41.1 Å². The summed E-state index contributed by atoms with van der Waals surface area (Å²) in [6.45, 7) is 1.96. The van der Waals surface area contributed by atoms with Crippen molar-refractivity contribution in [1.82, 2.24) is 15.8 Å². The topological polar surface area (TPSA) is 112 Å². The molecule has 138 valence electrons. The van der Waals surface area contributed by atoms with E-state index in [4.69, 9.17) is 10.5 Å². The zero-order valence-electron chi connectivity index (χ0n) is 13.8. The predicted octanol–water partition coefficient (Wildman–Crippen LogP) is 1.19. The molecule has 0 saturated heterocycles. The summed E-state index contributed by atoms with van der Waals surface area (Å²) in [4.78, 5) is 16.4. The highest BCUT2D eigenvalue weighted by Crippen LogP contribution is 2.29. The summed E-state index contributed by atoms with van der Waals surface area (Å²) < 4.78 is 18.8. The third-order valence-electron chi connectivity index (χ3n) is 3.79. The van der Waals surface area contributed by atoms with Gasteiger partial charge in [-0.3, -0.25) is 10.0 Å². The van der Waals surface area contributed by atoms with Crippen LogP contribution < -0.4 is 16.5 Å². The molecule has 10 heteroatoms. The summed E-state index contributed by atoms with van der Waals surface area (Å²) in [5, 5.41) is 14.4. The number of hydrogen-bond acceptors (Lipinski definition) is 7. The summed E-state index contributed by atoms with van der Waals surface area (Å²) in [5.74, 6) is -0.253. The number of esters is 1. The SMILES string of the molecule is CCOC(=O)C1=C2NC(=NCc3c(O)ccc(F)c3Br)C=CN2NC1N. The lowest BCUT2D eigenvalue weighted by Gasteiger charge is -2.23. The first kappa shape index (κ1) is 18.4. The van der Waals surface area contributed by atoms with Gasteiger partial charge in [-0.1, -0.05) is 0 Å². The second-order valence-electron chi connectivity index (χ2n) is 5.46. The number of phenols is 1. The number of halogens is 2. The summed E-state index contributed by atoms with van der Waals surface area (Å²) in [6.07, 6.45) is 2.58. The van der Waals surface area contributed by atoms with E-state index in [1.54, 1.807) is 24.2 Å². The molecule has 8 nitrogen and oxygen atoms in total. The Morgan fingerprint density at radius 3 is 3.04 bits per heavy atom. The molecule has 0 saturated carbocycles. The molecule has 1 atom stereocenters.